The number of hydrogen-bond acceptors (Lipinski definition) is 2. The highest BCUT2D eigenvalue weighted by molar-refractivity contribution is 5.87. The summed E-state index contributed by atoms with van der Waals surface area (Å²) in [5.74, 6) is -1.09. The number of carboxylic acids is 1. The summed E-state index contributed by atoms with van der Waals surface area (Å²) in [6.45, 7) is 2.01. The van der Waals surface area contributed by atoms with Crippen LogP contribution in [-0.2, 0) is 16.0 Å². The first-order valence-corrected chi connectivity index (χ1v) is 6.62. The van der Waals surface area contributed by atoms with Crippen molar-refractivity contribution in [3.05, 3.63) is 35.4 Å². The third-order valence-electron chi connectivity index (χ3n) is 3.88. The Morgan fingerprint density at radius 2 is 2.00 bits per heavy atom. The van der Waals surface area contributed by atoms with Gasteiger partial charge in [0, 0.05) is 6.42 Å². The second kappa shape index (κ2) is 5.43. The molecular formula is C15H19NO3. The molecule has 19 heavy (non-hydrogen) atoms. The predicted octanol–water partition coefficient (Wildman–Crippen LogP) is 2.05. The molecule has 1 saturated carbocycles. The van der Waals surface area contributed by atoms with Crippen molar-refractivity contribution in [2.45, 2.75) is 44.6 Å². The number of carboxylic acid groups (broad SMARTS) is 1. The van der Waals surface area contributed by atoms with Crippen LogP contribution in [0.5, 0.6) is 0 Å². The topological polar surface area (TPSA) is 66.4 Å². The van der Waals surface area contributed by atoms with Crippen molar-refractivity contribution in [3.63, 3.8) is 0 Å². The fourth-order valence-electron chi connectivity index (χ4n) is 2.39. The van der Waals surface area contributed by atoms with Crippen molar-refractivity contribution >= 4 is 11.9 Å². The molecule has 0 heterocycles. The van der Waals surface area contributed by atoms with Gasteiger partial charge in [0.1, 0.15) is 5.54 Å². The van der Waals surface area contributed by atoms with Crippen molar-refractivity contribution in [2.75, 3.05) is 0 Å². The van der Waals surface area contributed by atoms with Gasteiger partial charge < -0.3 is 10.4 Å². The van der Waals surface area contributed by atoms with E-state index in [0.29, 0.717) is 25.7 Å². The van der Waals surface area contributed by atoms with Gasteiger partial charge in [-0.2, -0.15) is 0 Å². The van der Waals surface area contributed by atoms with Crippen LogP contribution in [0.4, 0.5) is 0 Å². The van der Waals surface area contributed by atoms with Crippen LogP contribution in [0, 0.1) is 6.92 Å². The van der Waals surface area contributed by atoms with Crippen molar-refractivity contribution in [1.82, 2.24) is 5.32 Å². The predicted molar refractivity (Wildman–Crippen MR) is 71.9 cm³/mol. The molecule has 1 fully saturated rings. The van der Waals surface area contributed by atoms with E-state index in [9.17, 15) is 9.59 Å². The van der Waals surface area contributed by atoms with E-state index in [-0.39, 0.29) is 5.91 Å². The lowest BCUT2D eigenvalue weighted by Gasteiger charge is -2.38. The number of carbonyl (C=O) groups excluding carboxylic acids is 1. The van der Waals surface area contributed by atoms with Gasteiger partial charge in [-0.15, -0.1) is 0 Å². The molecule has 2 rings (SSSR count). The molecule has 4 nitrogen and oxygen atoms in total. The summed E-state index contributed by atoms with van der Waals surface area (Å²) in [7, 11) is 0. The quantitative estimate of drug-likeness (QED) is 0.852. The maximum atomic E-state index is 11.9. The maximum absolute atomic E-state index is 11.9. The van der Waals surface area contributed by atoms with E-state index in [1.165, 1.54) is 0 Å². The van der Waals surface area contributed by atoms with Crippen LogP contribution >= 0.6 is 0 Å². The zero-order valence-electron chi connectivity index (χ0n) is 11.1. The molecule has 1 aliphatic carbocycles. The second-order valence-electron chi connectivity index (χ2n) is 5.22. The van der Waals surface area contributed by atoms with E-state index >= 15 is 0 Å². The van der Waals surface area contributed by atoms with Gasteiger partial charge in [-0.1, -0.05) is 24.3 Å². The van der Waals surface area contributed by atoms with E-state index in [1.807, 2.05) is 31.2 Å². The molecule has 102 valence electrons. The molecule has 1 aliphatic rings. The summed E-state index contributed by atoms with van der Waals surface area (Å²) in [5, 5.41) is 11.8. The normalized spacial score (nSPS) is 16.5. The Balaban J connectivity index is 1.89. The Morgan fingerprint density at radius 3 is 2.53 bits per heavy atom. The minimum absolute atomic E-state index is 0.176. The van der Waals surface area contributed by atoms with Crippen molar-refractivity contribution < 1.29 is 14.7 Å². The lowest BCUT2D eigenvalue weighted by atomic mass is 9.76. The fraction of sp³-hybridized carbons (Fsp3) is 0.467. The Labute approximate surface area is 112 Å². The number of carbonyl (C=O) groups is 2. The third-order valence-corrected chi connectivity index (χ3v) is 3.88. The van der Waals surface area contributed by atoms with Gasteiger partial charge in [-0.25, -0.2) is 4.79 Å². The highest BCUT2D eigenvalue weighted by Gasteiger charge is 2.45. The Morgan fingerprint density at radius 1 is 1.32 bits per heavy atom. The zero-order valence-corrected chi connectivity index (χ0v) is 11.1. The molecule has 0 aliphatic heterocycles. The van der Waals surface area contributed by atoms with Gasteiger partial charge >= 0.3 is 5.97 Å². The van der Waals surface area contributed by atoms with Crippen LogP contribution in [0.3, 0.4) is 0 Å². The standard InChI is InChI=1S/C15H19NO3/c1-11-5-2-3-6-12(11)7-8-13(17)16-15(14(18)19)9-4-10-15/h2-3,5-6H,4,7-10H2,1H3,(H,16,17)(H,18,19). The molecule has 4 heteroatoms. The van der Waals surface area contributed by atoms with E-state index in [0.717, 1.165) is 17.5 Å². The van der Waals surface area contributed by atoms with Crippen LogP contribution < -0.4 is 5.32 Å². The molecule has 0 saturated heterocycles. The Hall–Kier alpha value is -1.84. The molecule has 1 amide bonds. The molecule has 0 unspecified atom stereocenters. The summed E-state index contributed by atoms with van der Waals surface area (Å²) in [4.78, 5) is 23.0. The van der Waals surface area contributed by atoms with Crippen LogP contribution in [0.1, 0.15) is 36.8 Å². The van der Waals surface area contributed by atoms with Crippen LogP contribution in [0.2, 0.25) is 0 Å². The monoisotopic (exact) mass is 261 g/mol. The van der Waals surface area contributed by atoms with Gasteiger partial charge in [-0.05, 0) is 43.7 Å². The van der Waals surface area contributed by atoms with Gasteiger partial charge in [0.05, 0.1) is 0 Å². The summed E-state index contributed by atoms with van der Waals surface area (Å²) >= 11 is 0. The molecule has 0 aromatic heterocycles. The smallest absolute Gasteiger partial charge is 0.329 e. The number of nitrogens with one attached hydrogen (secondary N) is 1. The molecular weight excluding hydrogens is 242 g/mol. The van der Waals surface area contributed by atoms with Crippen molar-refractivity contribution in [2.24, 2.45) is 0 Å². The first-order chi connectivity index (χ1) is 9.03. The summed E-state index contributed by atoms with van der Waals surface area (Å²) in [5.41, 5.74) is 1.30. The third kappa shape index (κ3) is 2.95. The Kier molecular flexibility index (Phi) is 3.88. The highest BCUT2D eigenvalue weighted by atomic mass is 16.4. The van der Waals surface area contributed by atoms with E-state index in [4.69, 9.17) is 5.11 Å². The fourth-order valence-corrected chi connectivity index (χ4v) is 2.39. The van der Waals surface area contributed by atoms with Crippen molar-refractivity contribution in [3.8, 4) is 0 Å². The van der Waals surface area contributed by atoms with Crippen LogP contribution in [-0.4, -0.2) is 22.5 Å². The molecule has 0 bridgehead atoms. The zero-order chi connectivity index (χ0) is 13.9. The number of hydrogen-bond donors (Lipinski definition) is 2. The molecule has 1 aromatic rings. The number of aryl methyl sites for hydroxylation is 2. The second-order valence-corrected chi connectivity index (χ2v) is 5.22. The lowest BCUT2D eigenvalue weighted by molar-refractivity contribution is -0.151. The highest BCUT2D eigenvalue weighted by Crippen LogP contribution is 2.32. The molecule has 2 N–H and O–H groups in total. The van der Waals surface area contributed by atoms with Crippen molar-refractivity contribution in [1.29, 1.82) is 0 Å². The van der Waals surface area contributed by atoms with Gasteiger partial charge in [0.25, 0.3) is 0 Å². The minimum atomic E-state index is -0.997. The SMILES string of the molecule is Cc1ccccc1CCC(=O)NC1(C(=O)O)CCC1. The van der Waals surface area contributed by atoms with Crippen LogP contribution in [0.25, 0.3) is 0 Å². The summed E-state index contributed by atoms with van der Waals surface area (Å²) < 4.78 is 0. The van der Waals surface area contributed by atoms with E-state index in [2.05, 4.69) is 5.32 Å². The summed E-state index contributed by atoms with van der Waals surface area (Å²) in [6, 6.07) is 7.93. The molecule has 0 radical (unpaired) electrons. The molecule has 0 atom stereocenters. The van der Waals surface area contributed by atoms with E-state index in [1.54, 1.807) is 0 Å². The average Bonchev–Trinajstić information content (AvgIpc) is 2.32. The maximum Gasteiger partial charge on any atom is 0.329 e. The number of amides is 1. The summed E-state index contributed by atoms with van der Waals surface area (Å²) in [6.07, 6.45) is 2.93. The number of rotatable bonds is 5. The first kappa shape index (κ1) is 13.6. The Bertz CT molecular complexity index is 492. The average molecular weight is 261 g/mol. The van der Waals surface area contributed by atoms with Crippen LogP contribution in [0.15, 0.2) is 24.3 Å². The lowest BCUT2D eigenvalue weighted by Crippen LogP contribution is -2.59. The van der Waals surface area contributed by atoms with Gasteiger partial charge in [-0.3, -0.25) is 4.79 Å². The van der Waals surface area contributed by atoms with E-state index < -0.39 is 11.5 Å². The number of aliphatic carboxylic acids is 1. The molecule has 1 aromatic carbocycles. The first-order valence-electron chi connectivity index (χ1n) is 6.62. The van der Waals surface area contributed by atoms with Gasteiger partial charge in [0.15, 0.2) is 0 Å². The van der Waals surface area contributed by atoms with Gasteiger partial charge in [0.2, 0.25) is 5.91 Å². The largest absolute Gasteiger partial charge is 0.480 e. The number of benzene rings is 1. The molecule has 0 spiro atoms. The minimum Gasteiger partial charge on any atom is -0.480 e.